The third-order valence-corrected chi connectivity index (χ3v) is 6.58. The van der Waals surface area contributed by atoms with Gasteiger partial charge in [0.2, 0.25) is 11.7 Å². The van der Waals surface area contributed by atoms with Crippen LogP contribution >= 0.6 is 11.3 Å². The van der Waals surface area contributed by atoms with Crippen LogP contribution in [0, 0.1) is 5.92 Å². The molecule has 2 aromatic heterocycles. The molecule has 0 spiro atoms. The molecule has 0 radical (unpaired) electrons. The minimum Gasteiger partial charge on any atom is -0.484 e. The van der Waals surface area contributed by atoms with Gasteiger partial charge in [0.15, 0.2) is 12.4 Å². The summed E-state index contributed by atoms with van der Waals surface area (Å²) in [5, 5.41) is 3.40. The van der Waals surface area contributed by atoms with Gasteiger partial charge in [-0.1, -0.05) is 19.1 Å². The lowest BCUT2D eigenvalue weighted by atomic mass is 9.87. The number of carbonyl (C=O) groups is 3. The molecule has 1 aromatic carbocycles. The van der Waals surface area contributed by atoms with Crippen molar-refractivity contribution in [2.75, 3.05) is 11.9 Å². The van der Waals surface area contributed by atoms with Crippen molar-refractivity contribution >= 4 is 33.9 Å². The minimum atomic E-state index is -0.411. The van der Waals surface area contributed by atoms with Gasteiger partial charge in [0.1, 0.15) is 10.8 Å². The predicted octanol–water partition coefficient (Wildman–Crippen LogP) is 3.74. The van der Waals surface area contributed by atoms with Crippen molar-refractivity contribution < 1.29 is 23.5 Å². The number of hydrogen-bond donors (Lipinski definition) is 2. The predicted molar refractivity (Wildman–Crippen MR) is 121 cm³/mol. The van der Waals surface area contributed by atoms with Gasteiger partial charge in [-0.3, -0.25) is 14.4 Å². The standard InChI is InChI=1S/C24H24N2O5S/c1-14-4-9-17-19(11-14)32-24(22(17)23(29)18-3-2-10-30-18)26-21(28)13-31-16-7-5-15(6-8-16)12-20(25)27/h2-3,5-8,10,14H,4,9,11-13H2,1H3,(H2,25,27)(H,26,28). The van der Waals surface area contributed by atoms with Crippen LogP contribution in [0.4, 0.5) is 5.00 Å². The number of benzene rings is 1. The lowest BCUT2D eigenvalue weighted by molar-refractivity contribution is -0.118. The van der Waals surface area contributed by atoms with E-state index >= 15 is 0 Å². The number of hydrogen-bond acceptors (Lipinski definition) is 6. The van der Waals surface area contributed by atoms with E-state index in [9.17, 15) is 14.4 Å². The number of ketones is 1. The molecule has 0 bridgehead atoms. The Balaban J connectivity index is 1.48. The fourth-order valence-corrected chi connectivity index (χ4v) is 5.25. The van der Waals surface area contributed by atoms with Crippen molar-refractivity contribution in [1.82, 2.24) is 0 Å². The Morgan fingerprint density at radius 1 is 1.22 bits per heavy atom. The van der Waals surface area contributed by atoms with Crippen LogP contribution in [0.5, 0.6) is 5.75 Å². The van der Waals surface area contributed by atoms with Gasteiger partial charge in [-0.15, -0.1) is 11.3 Å². The average Bonchev–Trinajstić information content (AvgIpc) is 3.40. The summed E-state index contributed by atoms with van der Waals surface area (Å²) in [6.07, 6.45) is 4.31. The minimum absolute atomic E-state index is 0.148. The molecule has 3 N–H and O–H groups in total. The van der Waals surface area contributed by atoms with Crippen LogP contribution in [-0.2, 0) is 28.9 Å². The maximum Gasteiger partial charge on any atom is 0.262 e. The first-order chi connectivity index (χ1) is 15.4. The van der Waals surface area contributed by atoms with Crippen LogP contribution in [-0.4, -0.2) is 24.2 Å². The van der Waals surface area contributed by atoms with Crippen molar-refractivity contribution in [3.63, 3.8) is 0 Å². The normalized spacial score (nSPS) is 15.1. The van der Waals surface area contributed by atoms with Crippen molar-refractivity contribution in [2.24, 2.45) is 11.7 Å². The van der Waals surface area contributed by atoms with Gasteiger partial charge >= 0.3 is 0 Å². The summed E-state index contributed by atoms with van der Waals surface area (Å²) in [5.41, 5.74) is 7.50. The number of primary amides is 1. The van der Waals surface area contributed by atoms with Crippen molar-refractivity contribution in [3.05, 3.63) is 70.0 Å². The lowest BCUT2D eigenvalue weighted by Gasteiger charge is -2.18. The Kier molecular flexibility index (Phi) is 6.41. The highest BCUT2D eigenvalue weighted by Gasteiger charge is 2.29. The second-order valence-electron chi connectivity index (χ2n) is 7.99. The molecule has 0 aliphatic heterocycles. The molecular formula is C24H24N2O5S. The van der Waals surface area contributed by atoms with Crippen LogP contribution in [0.1, 0.15) is 45.5 Å². The zero-order valence-corrected chi connectivity index (χ0v) is 18.5. The van der Waals surface area contributed by atoms with Gasteiger partial charge in [-0.2, -0.15) is 0 Å². The molecule has 32 heavy (non-hydrogen) atoms. The summed E-state index contributed by atoms with van der Waals surface area (Å²) in [7, 11) is 0. The van der Waals surface area contributed by atoms with E-state index in [1.54, 1.807) is 36.4 Å². The second-order valence-corrected chi connectivity index (χ2v) is 9.09. The van der Waals surface area contributed by atoms with Crippen molar-refractivity contribution in [2.45, 2.75) is 32.6 Å². The highest BCUT2D eigenvalue weighted by molar-refractivity contribution is 7.17. The van der Waals surface area contributed by atoms with E-state index < -0.39 is 5.91 Å². The second kappa shape index (κ2) is 9.40. The fraction of sp³-hybridized carbons (Fsp3) is 0.292. The number of thiophene rings is 1. The molecule has 0 fully saturated rings. The molecule has 0 saturated heterocycles. The van der Waals surface area contributed by atoms with Crippen molar-refractivity contribution in [3.8, 4) is 5.75 Å². The lowest BCUT2D eigenvalue weighted by Crippen LogP contribution is -2.21. The molecule has 0 saturated carbocycles. The highest BCUT2D eigenvalue weighted by atomic mass is 32.1. The summed E-state index contributed by atoms with van der Waals surface area (Å²) in [4.78, 5) is 37.9. The Morgan fingerprint density at radius 3 is 2.69 bits per heavy atom. The van der Waals surface area contributed by atoms with Gasteiger partial charge in [0.05, 0.1) is 18.2 Å². The first-order valence-electron chi connectivity index (χ1n) is 10.4. The molecule has 4 rings (SSSR count). The SMILES string of the molecule is CC1CCc2c(sc(NC(=O)COc3ccc(CC(N)=O)cc3)c2C(=O)c2ccco2)C1. The summed E-state index contributed by atoms with van der Waals surface area (Å²) in [6, 6.07) is 10.1. The molecule has 8 heteroatoms. The van der Waals surface area contributed by atoms with Crippen LogP contribution in [0.25, 0.3) is 0 Å². The Labute approximate surface area is 189 Å². The van der Waals surface area contributed by atoms with Gasteiger partial charge in [-0.25, -0.2) is 0 Å². The third kappa shape index (κ3) is 4.91. The summed E-state index contributed by atoms with van der Waals surface area (Å²) in [6.45, 7) is 1.99. The van der Waals surface area contributed by atoms with Gasteiger partial charge in [-0.05, 0) is 60.6 Å². The van der Waals surface area contributed by atoms with Gasteiger partial charge < -0.3 is 20.2 Å². The molecule has 2 amide bonds. The monoisotopic (exact) mass is 452 g/mol. The first-order valence-corrected chi connectivity index (χ1v) is 11.2. The van der Waals surface area contributed by atoms with E-state index in [0.717, 1.165) is 35.3 Å². The molecule has 2 heterocycles. The van der Waals surface area contributed by atoms with E-state index in [2.05, 4.69) is 12.2 Å². The van der Waals surface area contributed by atoms with E-state index in [1.807, 2.05) is 0 Å². The largest absolute Gasteiger partial charge is 0.484 e. The fourth-order valence-electron chi connectivity index (χ4n) is 3.83. The molecule has 1 atom stereocenters. The number of nitrogens with one attached hydrogen (secondary N) is 1. The molecule has 7 nitrogen and oxygen atoms in total. The number of amides is 2. The number of ether oxygens (including phenoxy) is 1. The van der Waals surface area contributed by atoms with Gasteiger partial charge in [0.25, 0.3) is 5.91 Å². The average molecular weight is 453 g/mol. The molecule has 1 aliphatic rings. The number of anilines is 1. The number of fused-ring (bicyclic) bond motifs is 1. The molecule has 1 aliphatic carbocycles. The highest BCUT2D eigenvalue weighted by Crippen LogP contribution is 2.40. The smallest absolute Gasteiger partial charge is 0.262 e. The maximum atomic E-state index is 13.1. The Morgan fingerprint density at radius 2 is 2.00 bits per heavy atom. The number of carbonyl (C=O) groups excluding carboxylic acids is 3. The first kappa shape index (κ1) is 21.8. The van der Waals surface area contributed by atoms with E-state index in [4.69, 9.17) is 14.9 Å². The maximum absolute atomic E-state index is 13.1. The van der Waals surface area contributed by atoms with Crippen LogP contribution < -0.4 is 15.8 Å². The van der Waals surface area contributed by atoms with Crippen LogP contribution in [0.2, 0.25) is 0 Å². The molecule has 1 unspecified atom stereocenters. The quantitative estimate of drug-likeness (QED) is 0.506. The number of furan rings is 1. The Bertz CT molecular complexity index is 1130. The van der Waals surface area contributed by atoms with E-state index in [-0.39, 0.29) is 30.5 Å². The molecule has 3 aromatic rings. The van der Waals surface area contributed by atoms with E-state index in [0.29, 0.717) is 22.2 Å². The number of rotatable bonds is 8. The van der Waals surface area contributed by atoms with Crippen molar-refractivity contribution in [1.29, 1.82) is 0 Å². The van der Waals surface area contributed by atoms with Crippen LogP contribution in [0.3, 0.4) is 0 Å². The van der Waals surface area contributed by atoms with Gasteiger partial charge in [0, 0.05) is 4.88 Å². The zero-order valence-electron chi connectivity index (χ0n) is 17.7. The number of nitrogens with two attached hydrogens (primary N) is 1. The summed E-state index contributed by atoms with van der Waals surface area (Å²) >= 11 is 1.46. The summed E-state index contributed by atoms with van der Waals surface area (Å²) < 4.78 is 10.9. The molecular weight excluding hydrogens is 428 g/mol. The zero-order chi connectivity index (χ0) is 22.7. The summed E-state index contributed by atoms with van der Waals surface area (Å²) in [5.74, 6) is 0.310. The third-order valence-electron chi connectivity index (χ3n) is 5.41. The van der Waals surface area contributed by atoms with Crippen LogP contribution in [0.15, 0.2) is 47.1 Å². The topological polar surface area (TPSA) is 112 Å². The van der Waals surface area contributed by atoms with E-state index in [1.165, 1.54) is 17.6 Å². The Hall–Kier alpha value is -3.39. The molecule has 166 valence electrons.